The summed E-state index contributed by atoms with van der Waals surface area (Å²) in [4.78, 5) is 35.3. The van der Waals surface area contributed by atoms with Crippen LogP contribution in [-0.2, 0) is 0 Å². The largest absolute Gasteiger partial charge is 0.337 e. The van der Waals surface area contributed by atoms with E-state index in [0.29, 0.717) is 23.7 Å². The molecule has 0 unspecified atom stereocenters. The molecule has 0 saturated heterocycles. The summed E-state index contributed by atoms with van der Waals surface area (Å²) < 4.78 is 13.4. The monoisotopic (exact) mass is 257 g/mol. The van der Waals surface area contributed by atoms with Crippen LogP contribution in [0, 0.1) is 11.2 Å². The summed E-state index contributed by atoms with van der Waals surface area (Å²) in [5, 5.41) is 2.48. The van der Waals surface area contributed by atoms with Gasteiger partial charge in [-0.2, -0.15) is 4.39 Å². The zero-order valence-electron chi connectivity index (χ0n) is 10.5. The maximum absolute atomic E-state index is 12.9. The molecule has 0 aliphatic rings. The fourth-order valence-corrected chi connectivity index (χ4v) is 1.23. The zero-order valence-corrected chi connectivity index (χ0v) is 10.5. The Morgan fingerprint density at radius 2 is 2.06 bits per heavy atom. The predicted molar refractivity (Wildman–Crippen MR) is 64.1 cm³/mol. The average molecular weight is 257 g/mol. The van der Waals surface area contributed by atoms with Crippen molar-refractivity contribution in [3.05, 3.63) is 32.9 Å². The van der Waals surface area contributed by atoms with Crippen LogP contribution in [0.2, 0.25) is 0 Å². The molecule has 1 rings (SSSR count). The van der Waals surface area contributed by atoms with Gasteiger partial charge >= 0.3 is 11.7 Å². The molecular formula is C11H16FN3O3. The van der Waals surface area contributed by atoms with Gasteiger partial charge in [-0.25, -0.2) is 14.2 Å². The number of aromatic nitrogens is 2. The highest BCUT2D eigenvalue weighted by Crippen LogP contribution is 2.16. The van der Waals surface area contributed by atoms with Gasteiger partial charge in [0.2, 0.25) is 5.82 Å². The molecule has 0 saturated carbocycles. The van der Waals surface area contributed by atoms with Crippen LogP contribution in [-0.4, -0.2) is 22.1 Å². The van der Waals surface area contributed by atoms with E-state index in [1.807, 2.05) is 20.8 Å². The molecule has 2 N–H and O–H groups in total. The number of amides is 1. The lowest BCUT2D eigenvalue weighted by Crippen LogP contribution is -2.41. The molecule has 18 heavy (non-hydrogen) atoms. The van der Waals surface area contributed by atoms with Crippen LogP contribution in [0.3, 0.4) is 0 Å². The number of H-pyrrole nitrogens is 1. The topological polar surface area (TPSA) is 84.0 Å². The normalized spacial score (nSPS) is 11.3. The summed E-state index contributed by atoms with van der Waals surface area (Å²) in [7, 11) is 0. The van der Waals surface area contributed by atoms with Crippen molar-refractivity contribution in [2.45, 2.75) is 27.2 Å². The highest BCUT2D eigenvalue weighted by atomic mass is 19.1. The minimum absolute atomic E-state index is 0.0362. The predicted octanol–water partition coefficient (Wildman–Crippen LogP) is 0.670. The van der Waals surface area contributed by atoms with Crippen molar-refractivity contribution in [1.29, 1.82) is 0 Å². The summed E-state index contributed by atoms with van der Waals surface area (Å²) in [6.07, 6.45) is 1.28. The molecule has 0 atom stereocenters. The van der Waals surface area contributed by atoms with E-state index in [-0.39, 0.29) is 5.41 Å². The lowest BCUT2D eigenvalue weighted by Gasteiger charge is -2.18. The number of hydrogen-bond donors (Lipinski definition) is 2. The molecule has 1 amide bonds. The van der Waals surface area contributed by atoms with Crippen molar-refractivity contribution in [2.75, 3.05) is 6.54 Å². The molecule has 0 bridgehead atoms. The van der Waals surface area contributed by atoms with E-state index in [0.717, 1.165) is 0 Å². The molecule has 0 radical (unpaired) electrons. The smallest absolute Gasteiger partial charge is 0.336 e. The van der Waals surface area contributed by atoms with E-state index in [1.54, 1.807) is 4.98 Å². The van der Waals surface area contributed by atoms with E-state index >= 15 is 0 Å². The molecule has 0 aliphatic heterocycles. The molecule has 100 valence electrons. The van der Waals surface area contributed by atoms with Gasteiger partial charge in [0.25, 0.3) is 5.56 Å². The number of hydrogen-bond acceptors (Lipinski definition) is 3. The molecule has 0 aliphatic carbocycles. The Balaban J connectivity index is 2.77. The first-order valence-corrected chi connectivity index (χ1v) is 5.50. The van der Waals surface area contributed by atoms with E-state index in [2.05, 4.69) is 5.32 Å². The van der Waals surface area contributed by atoms with Gasteiger partial charge < -0.3 is 5.32 Å². The maximum atomic E-state index is 12.9. The van der Waals surface area contributed by atoms with Gasteiger partial charge in [0.05, 0.1) is 6.20 Å². The van der Waals surface area contributed by atoms with Crippen molar-refractivity contribution in [3.8, 4) is 0 Å². The first-order chi connectivity index (χ1) is 8.20. The number of carbonyl (C=O) groups is 1. The third-order valence-electron chi connectivity index (χ3n) is 2.27. The lowest BCUT2D eigenvalue weighted by molar-refractivity contribution is 0.238. The Hall–Kier alpha value is -1.92. The fraction of sp³-hybridized carbons (Fsp3) is 0.545. The summed E-state index contributed by atoms with van der Waals surface area (Å²) >= 11 is 0. The molecule has 6 nitrogen and oxygen atoms in total. The molecule has 0 aromatic carbocycles. The van der Waals surface area contributed by atoms with Crippen LogP contribution in [0.5, 0.6) is 0 Å². The third-order valence-corrected chi connectivity index (χ3v) is 2.27. The van der Waals surface area contributed by atoms with Crippen LogP contribution in [0.1, 0.15) is 27.2 Å². The summed E-state index contributed by atoms with van der Waals surface area (Å²) in [6.45, 7) is 6.37. The molecule has 0 spiro atoms. The van der Waals surface area contributed by atoms with Crippen LogP contribution >= 0.6 is 0 Å². The van der Waals surface area contributed by atoms with E-state index in [1.165, 1.54) is 0 Å². The summed E-state index contributed by atoms with van der Waals surface area (Å²) in [6, 6.07) is -0.764. The number of rotatable bonds is 2. The number of nitrogens with one attached hydrogen (secondary N) is 2. The molecule has 0 fully saturated rings. The first kappa shape index (κ1) is 14.1. The maximum Gasteiger partial charge on any atom is 0.336 e. The summed E-state index contributed by atoms with van der Waals surface area (Å²) in [5.41, 5.74) is -2.07. The highest BCUT2D eigenvalue weighted by Gasteiger charge is 2.13. The molecule has 1 heterocycles. The van der Waals surface area contributed by atoms with Crippen molar-refractivity contribution in [1.82, 2.24) is 14.9 Å². The Morgan fingerprint density at radius 3 is 2.61 bits per heavy atom. The second kappa shape index (κ2) is 5.16. The van der Waals surface area contributed by atoms with Crippen LogP contribution in [0.25, 0.3) is 0 Å². The number of aromatic amines is 1. The average Bonchev–Trinajstić information content (AvgIpc) is 2.21. The van der Waals surface area contributed by atoms with Crippen LogP contribution in [0.4, 0.5) is 9.18 Å². The minimum atomic E-state index is -1.18. The SMILES string of the molecule is CC(C)(C)CCNC(=O)n1cc(F)c(=O)[nH]c1=O. The summed E-state index contributed by atoms with van der Waals surface area (Å²) in [5.74, 6) is -1.18. The fourth-order valence-electron chi connectivity index (χ4n) is 1.23. The lowest BCUT2D eigenvalue weighted by atomic mass is 9.92. The van der Waals surface area contributed by atoms with E-state index < -0.39 is 23.1 Å². The van der Waals surface area contributed by atoms with E-state index in [4.69, 9.17) is 0 Å². The first-order valence-electron chi connectivity index (χ1n) is 5.50. The van der Waals surface area contributed by atoms with Crippen molar-refractivity contribution in [3.63, 3.8) is 0 Å². The zero-order chi connectivity index (χ0) is 13.9. The van der Waals surface area contributed by atoms with Gasteiger partial charge in [0.15, 0.2) is 0 Å². The number of halogens is 1. The molecule has 7 heteroatoms. The second-order valence-electron chi connectivity index (χ2n) is 5.15. The molecular weight excluding hydrogens is 241 g/mol. The Morgan fingerprint density at radius 1 is 1.44 bits per heavy atom. The van der Waals surface area contributed by atoms with Crippen molar-refractivity contribution < 1.29 is 9.18 Å². The Kier molecular flexibility index (Phi) is 4.05. The standard InChI is InChI=1S/C11H16FN3O3/c1-11(2,3)4-5-13-9(17)15-6-7(12)8(16)14-10(15)18/h6H,4-5H2,1-3H3,(H,13,17)(H,14,16,18). The second-order valence-corrected chi connectivity index (χ2v) is 5.15. The molecule has 1 aromatic rings. The van der Waals surface area contributed by atoms with Gasteiger partial charge in [-0.1, -0.05) is 20.8 Å². The van der Waals surface area contributed by atoms with Gasteiger partial charge in [0, 0.05) is 6.54 Å². The number of carbonyl (C=O) groups excluding carboxylic acids is 1. The van der Waals surface area contributed by atoms with Crippen LogP contribution in [0.15, 0.2) is 15.8 Å². The Bertz CT molecular complexity index is 554. The van der Waals surface area contributed by atoms with Crippen molar-refractivity contribution >= 4 is 6.03 Å². The quantitative estimate of drug-likeness (QED) is 0.816. The Labute approximate surface area is 103 Å². The van der Waals surface area contributed by atoms with E-state index in [9.17, 15) is 18.8 Å². The van der Waals surface area contributed by atoms with Gasteiger partial charge in [-0.3, -0.25) is 9.78 Å². The van der Waals surface area contributed by atoms with Crippen molar-refractivity contribution in [2.24, 2.45) is 5.41 Å². The van der Waals surface area contributed by atoms with Gasteiger partial charge in [0.1, 0.15) is 0 Å². The highest BCUT2D eigenvalue weighted by molar-refractivity contribution is 5.76. The van der Waals surface area contributed by atoms with Gasteiger partial charge in [-0.05, 0) is 11.8 Å². The minimum Gasteiger partial charge on any atom is -0.337 e. The third kappa shape index (κ3) is 3.83. The number of nitrogens with zero attached hydrogens (tertiary/aromatic N) is 1. The van der Waals surface area contributed by atoms with Crippen LogP contribution < -0.4 is 16.6 Å². The van der Waals surface area contributed by atoms with Gasteiger partial charge in [-0.15, -0.1) is 0 Å². The molecule has 1 aromatic heterocycles.